The van der Waals surface area contributed by atoms with Crippen LogP contribution in [0.5, 0.6) is 0 Å². The van der Waals surface area contributed by atoms with E-state index in [-0.39, 0.29) is 20.1 Å². The number of rotatable bonds is 8. The van der Waals surface area contributed by atoms with E-state index >= 15 is 0 Å². The Hall–Kier alpha value is -3.44. The summed E-state index contributed by atoms with van der Waals surface area (Å²) in [6, 6.07) is 29.5. The van der Waals surface area contributed by atoms with E-state index in [1.807, 2.05) is 37.4 Å². The zero-order valence-corrected chi connectivity index (χ0v) is 31.8. The number of benzene rings is 2. The van der Waals surface area contributed by atoms with Crippen LogP contribution in [-0.2, 0) is 26.5 Å². The summed E-state index contributed by atoms with van der Waals surface area (Å²) in [6.45, 7) is 18.2. The van der Waals surface area contributed by atoms with Crippen LogP contribution in [0, 0.1) is 25.0 Å². The molecule has 6 heteroatoms. The van der Waals surface area contributed by atoms with E-state index < -0.39 is 8.07 Å². The van der Waals surface area contributed by atoms with E-state index in [0.717, 1.165) is 63.8 Å². The van der Waals surface area contributed by atoms with Gasteiger partial charge in [0.05, 0.1) is 13.7 Å². The maximum Gasteiger partial charge on any atom is 0.215 e. The van der Waals surface area contributed by atoms with E-state index in [9.17, 15) is 0 Å². The molecule has 0 atom stereocenters. The first-order valence-electron chi connectivity index (χ1n) is 16.2. The fourth-order valence-electron chi connectivity index (χ4n) is 5.92. The second-order valence-electron chi connectivity index (χ2n) is 13.4. The van der Waals surface area contributed by atoms with Gasteiger partial charge in [0, 0.05) is 43.6 Å². The molecule has 4 aromatic heterocycles. The van der Waals surface area contributed by atoms with Crippen molar-refractivity contribution in [2.24, 2.45) is 5.92 Å². The smallest absolute Gasteiger partial charge is 0.215 e. The van der Waals surface area contributed by atoms with E-state index in [2.05, 4.69) is 123 Å². The molecule has 0 spiro atoms. The molecule has 2 aromatic carbocycles. The summed E-state index contributed by atoms with van der Waals surface area (Å²) in [5, 5.41) is 3.57. The van der Waals surface area contributed by atoms with Crippen molar-refractivity contribution in [2.75, 3.05) is 0 Å². The van der Waals surface area contributed by atoms with Crippen LogP contribution >= 0.6 is 0 Å². The molecule has 0 unspecified atom stereocenters. The molecule has 0 saturated heterocycles. The molecule has 0 fully saturated rings. The molecular weight excluding hydrogens is 759 g/mol. The van der Waals surface area contributed by atoms with Gasteiger partial charge in [-0.1, -0.05) is 88.1 Å². The third-order valence-electron chi connectivity index (χ3n) is 8.33. The van der Waals surface area contributed by atoms with Crippen molar-refractivity contribution in [2.45, 2.75) is 79.4 Å². The molecule has 241 valence electrons. The third kappa shape index (κ3) is 8.28. The second kappa shape index (κ2) is 15.4. The molecule has 1 radical (unpaired) electrons. The van der Waals surface area contributed by atoms with Crippen molar-refractivity contribution >= 4 is 35.3 Å². The van der Waals surface area contributed by atoms with Crippen LogP contribution in [-0.4, -0.2) is 23.0 Å². The first-order valence-corrected chi connectivity index (χ1v) is 19.7. The molecule has 0 aliphatic rings. The number of nitrogens with zero attached hydrogens (tertiary/aromatic N) is 3. The largest absolute Gasteiger partial charge is 0.459 e. The SMILES string of the molecule is CC(C)Cc1cc(-c2[c-]cccc2)ncc1[Si](C)(C)C.CCC(CC)c1ccnc(-c2[c-]c3oc4nc(C)ccc4c3cc2)c1.[Ir]. The summed E-state index contributed by atoms with van der Waals surface area (Å²) >= 11 is 0. The van der Waals surface area contributed by atoms with Crippen molar-refractivity contribution in [1.82, 2.24) is 15.0 Å². The summed E-state index contributed by atoms with van der Waals surface area (Å²) in [4.78, 5) is 13.7. The Morgan fingerprint density at radius 1 is 0.848 bits per heavy atom. The Bertz CT molecular complexity index is 1890. The van der Waals surface area contributed by atoms with Gasteiger partial charge in [0.15, 0.2) is 0 Å². The van der Waals surface area contributed by atoms with Crippen LogP contribution in [0.4, 0.5) is 0 Å². The van der Waals surface area contributed by atoms with E-state index in [1.165, 1.54) is 16.3 Å². The van der Waals surface area contributed by atoms with E-state index in [4.69, 9.17) is 4.42 Å². The van der Waals surface area contributed by atoms with Gasteiger partial charge in [-0.3, -0.25) is 0 Å². The monoisotopic (exact) mass is 804 g/mol. The zero-order valence-electron chi connectivity index (χ0n) is 28.4. The van der Waals surface area contributed by atoms with Crippen LogP contribution in [0.25, 0.3) is 44.6 Å². The topological polar surface area (TPSA) is 51.8 Å². The average molecular weight is 804 g/mol. The Morgan fingerprint density at radius 3 is 2.26 bits per heavy atom. The maximum atomic E-state index is 5.92. The van der Waals surface area contributed by atoms with Gasteiger partial charge >= 0.3 is 0 Å². The Morgan fingerprint density at radius 2 is 1.59 bits per heavy atom. The quantitative estimate of drug-likeness (QED) is 0.114. The van der Waals surface area contributed by atoms with Gasteiger partial charge in [-0.05, 0) is 66.7 Å². The second-order valence-corrected chi connectivity index (χ2v) is 18.4. The fraction of sp³-hybridized carbons (Fsp3) is 0.325. The zero-order chi connectivity index (χ0) is 32.1. The molecule has 0 bridgehead atoms. The molecular formula is C40H45IrN3OSi-2. The van der Waals surface area contributed by atoms with E-state index in [0.29, 0.717) is 17.5 Å². The molecule has 0 amide bonds. The summed E-state index contributed by atoms with van der Waals surface area (Å²) in [5.41, 5.74) is 9.19. The van der Waals surface area contributed by atoms with Crippen LogP contribution in [0.3, 0.4) is 0 Å². The van der Waals surface area contributed by atoms with Gasteiger partial charge in [-0.2, -0.15) is 0 Å². The molecule has 0 saturated carbocycles. The standard InChI is InChI=1S/C22H21N2O.C18H24NSi.Ir/c1-4-15(5-2)16-10-11-23-20(12-16)17-7-9-18-19-8-6-14(3)24-22(19)25-21(18)13-17;1-14(2)11-16-12-17(15-9-7-6-8-10-15)19-13-18(16)20(3,4)5;/h6-12,15H,4-5H2,1-3H3;6-9,12-14H,11H2,1-5H3;/q2*-1;. The van der Waals surface area contributed by atoms with Gasteiger partial charge in [0.1, 0.15) is 0 Å². The first-order chi connectivity index (χ1) is 21.6. The van der Waals surface area contributed by atoms with E-state index in [1.54, 1.807) is 0 Å². The summed E-state index contributed by atoms with van der Waals surface area (Å²) in [5.74, 6) is 1.24. The van der Waals surface area contributed by atoms with Gasteiger partial charge in [0.2, 0.25) is 5.71 Å². The number of fused-ring (bicyclic) bond motifs is 3. The van der Waals surface area contributed by atoms with Crippen LogP contribution < -0.4 is 5.19 Å². The summed E-state index contributed by atoms with van der Waals surface area (Å²) in [7, 11) is -1.34. The minimum Gasteiger partial charge on any atom is -0.459 e. The molecule has 4 heterocycles. The van der Waals surface area contributed by atoms with Crippen molar-refractivity contribution < 1.29 is 24.5 Å². The number of hydrogen-bond donors (Lipinski definition) is 0. The molecule has 4 nitrogen and oxygen atoms in total. The first kappa shape index (κ1) is 35.4. The van der Waals surface area contributed by atoms with Crippen molar-refractivity contribution in [3.8, 4) is 22.5 Å². The predicted molar refractivity (Wildman–Crippen MR) is 192 cm³/mol. The molecule has 6 aromatic rings. The number of furan rings is 1. The fourth-order valence-corrected chi connectivity index (χ4v) is 7.51. The molecule has 0 aliphatic carbocycles. The van der Waals surface area contributed by atoms with Gasteiger partial charge in [-0.15, -0.1) is 53.6 Å². The average Bonchev–Trinajstić information content (AvgIpc) is 3.38. The predicted octanol–water partition coefficient (Wildman–Crippen LogP) is 10.3. The molecule has 0 N–H and O–H groups in total. The summed E-state index contributed by atoms with van der Waals surface area (Å²) in [6.07, 6.45) is 7.40. The van der Waals surface area contributed by atoms with Crippen molar-refractivity contribution in [1.29, 1.82) is 0 Å². The summed E-state index contributed by atoms with van der Waals surface area (Å²) < 4.78 is 5.92. The number of aryl methyl sites for hydroxylation is 1. The third-order valence-corrected chi connectivity index (χ3v) is 10.4. The Labute approximate surface area is 289 Å². The number of aromatic nitrogens is 3. The van der Waals surface area contributed by atoms with Crippen molar-refractivity contribution in [3.63, 3.8) is 0 Å². The molecule has 6 rings (SSSR count). The van der Waals surface area contributed by atoms with Gasteiger partial charge in [-0.25, -0.2) is 4.98 Å². The number of pyridine rings is 3. The minimum absolute atomic E-state index is 0. The van der Waals surface area contributed by atoms with Gasteiger partial charge in [0.25, 0.3) is 0 Å². The Balaban J connectivity index is 0.000000210. The minimum atomic E-state index is -1.34. The normalized spacial score (nSPS) is 11.5. The Kier molecular flexibility index (Phi) is 11.9. The van der Waals surface area contributed by atoms with Crippen LogP contribution in [0.2, 0.25) is 19.6 Å². The van der Waals surface area contributed by atoms with Crippen molar-refractivity contribution in [3.05, 3.63) is 108 Å². The van der Waals surface area contributed by atoms with Crippen LogP contribution in [0.15, 0.2) is 83.5 Å². The molecule has 0 aliphatic heterocycles. The molecule has 46 heavy (non-hydrogen) atoms. The maximum absolute atomic E-state index is 5.92. The number of hydrogen-bond acceptors (Lipinski definition) is 4. The van der Waals surface area contributed by atoms with Crippen LogP contribution in [0.1, 0.15) is 63.3 Å². The van der Waals surface area contributed by atoms with Gasteiger partial charge < -0.3 is 14.4 Å².